The molecule has 4 fully saturated rings. The molecule has 0 bridgehead atoms. The monoisotopic (exact) mass is 729 g/mol. The van der Waals surface area contributed by atoms with Crippen LogP contribution in [0, 0.1) is 23.0 Å². The number of rotatable bonds is 8. The lowest BCUT2D eigenvalue weighted by atomic mass is 9.92. The Hall–Kier alpha value is -4.36. The molecule has 51 heavy (non-hydrogen) atoms. The van der Waals surface area contributed by atoms with E-state index in [0.717, 1.165) is 37.5 Å². The second kappa shape index (κ2) is 12.1. The maximum Gasteiger partial charge on any atom is 0.417 e. The number of carbonyl (C=O) groups is 1. The maximum atomic E-state index is 17.2. The van der Waals surface area contributed by atoms with Crippen LogP contribution in [0.1, 0.15) is 56.6 Å². The Kier molecular flexibility index (Phi) is 8.02. The average molecular weight is 730 g/mol. The number of benzene rings is 2. The lowest BCUT2D eigenvalue weighted by Gasteiger charge is -2.32. The van der Waals surface area contributed by atoms with E-state index in [1.165, 1.54) is 0 Å². The minimum Gasteiger partial charge on any atom is -0.461 e. The number of anilines is 2. The number of thiophene rings is 1. The number of nitriles is 1. The zero-order valence-corrected chi connectivity index (χ0v) is 28.3. The number of amides is 1. The van der Waals surface area contributed by atoms with Crippen molar-refractivity contribution < 1.29 is 35.9 Å². The summed E-state index contributed by atoms with van der Waals surface area (Å²) in [5.74, 6) is -2.32. The number of nitrogens with zero attached hydrogens (tertiary/aromatic N) is 6. The van der Waals surface area contributed by atoms with Gasteiger partial charge in [-0.3, -0.25) is 9.69 Å². The van der Waals surface area contributed by atoms with Crippen molar-refractivity contribution in [2.24, 2.45) is 0 Å². The number of ether oxygens (including phenoxy) is 1. The zero-order chi connectivity index (χ0) is 36.0. The first-order chi connectivity index (χ1) is 24.3. The van der Waals surface area contributed by atoms with Crippen molar-refractivity contribution in [3.05, 3.63) is 41.0 Å². The molecule has 2 aromatic carbocycles. The number of likely N-dealkylation sites (tertiary alicyclic amines) is 1. The second-order valence-corrected chi connectivity index (χ2v) is 14.9. The highest BCUT2D eigenvalue weighted by Gasteiger charge is 2.50. The molecule has 3 atom stereocenters. The minimum absolute atomic E-state index is 0.0186. The van der Waals surface area contributed by atoms with Gasteiger partial charge in [-0.1, -0.05) is 6.07 Å². The summed E-state index contributed by atoms with van der Waals surface area (Å²) < 4.78 is 97.8. The van der Waals surface area contributed by atoms with Crippen molar-refractivity contribution in [3.8, 4) is 23.2 Å². The first kappa shape index (κ1) is 33.8. The predicted octanol–water partition coefficient (Wildman–Crippen LogP) is 6.81. The van der Waals surface area contributed by atoms with Crippen molar-refractivity contribution in [1.29, 1.82) is 5.26 Å². The van der Waals surface area contributed by atoms with Gasteiger partial charge in [-0.2, -0.15) is 28.4 Å². The predicted molar refractivity (Wildman–Crippen MR) is 179 cm³/mol. The summed E-state index contributed by atoms with van der Waals surface area (Å²) >= 11 is 0.682. The molecule has 3 saturated heterocycles. The van der Waals surface area contributed by atoms with E-state index < -0.39 is 52.2 Å². The van der Waals surface area contributed by atoms with E-state index in [0.29, 0.717) is 30.8 Å². The summed E-state index contributed by atoms with van der Waals surface area (Å²) in [6.07, 6.45) is -2.60. The number of carbonyl (C=O) groups excluding carboxylic acids is 1. The van der Waals surface area contributed by atoms with Crippen LogP contribution in [0.3, 0.4) is 0 Å². The largest absolute Gasteiger partial charge is 0.461 e. The summed E-state index contributed by atoms with van der Waals surface area (Å²) in [6, 6.07) is 3.84. The molecule has 4 aliphatic rings. The highest BCUT2D eigenvalue weighted by atomic mass is 32.1. The molecule has 3 aliphatic heterocycles. The van der Waals surface area contributed by atoms with Crippen LogP contribution in [0.4, 0.5) is 37.2 Å². The molecule has 4 aromatic rings. The Labute approximate surface area is 292 Å². The van der Waals surface area contributed by atoms with Crippen LogP contribution >= 0.6 is 11.3 Å². The highest BCUT2D eigenvalue weighted by molar-refractivity contribution is 7.23. The number of nitrogen functional groups attached to an aromatic ring is 1. The van der Waals surface area contributed by atoms with E-state index in [4.69, 9.17) is 10.5 Å². The lowest BCUT2D eigenvalue weighted by molar-refractivity contribution is -0.137. The van der Waals surface area contributed by atoms with Gasteiger partial charge in [-0.05, 0) is 56.8 Å². The fraction of sp³-hybridized carbons (Fsp3) is 0.486. The van der Waals surface area contributed by atoms with Crippen LogP contribution in [0.25, 0.3) is 32.1 Å². The number of nitrogens with two attached hydrogens (primary N) is 1. The smallest absolute Gasteiger partial charge is 0.417 e. The number of fused-ring (bicyclic) bond motifs is 3. The third-order valence-corrected chi connectivity index (χ3v) is 11.8. The standard InChI is InChI=1S/C35H33F6N7O2S/c1-2-47(19-10-25(49)48(15-19)18-4-5-18)32-21-11-23(35(39,40)41)27(20-6-7-24(37)30-26(20)22(13-42)31(43)51-30)28(38)29(21)44-33(45-32)50-16-34-8-3-9-46(34)14-17(36)12-34/h6-7,11,17-19H,2-5,8-10,12,14-16,43H2,1H3/t17-,19-,34+/m1/s1. The average Bonchev–Trinajstić information content (AvgIpc) is 3.44. The van der Waals surface area contributed by atoms with Crippen LogP contribution in [-0.4, -0.2) is 82.3 Å². The number of aromatic nitrogens is 2. The molecule has 2 N–H and O–H groups in total. The quantitative estimate of drug-likeness (QED) is 0.197. The van der Waals surface area contributed by atoms with E-state index in [1.807, 2.05) is 11.0 Å². The lowest BCUT2D eigenvalue weighted by Crippen LogP contribution is -2.43. The van der Waals surface area contributed by atoms with Crippen molar-refractivity contribution in [2.75, 3.05) is 43.4 Å². The van der Waals surface area contributed by atoms with Crippen LogP contribution < -0.4 is 15.4 Å². The molecule has 268 valence electrons. The molecule has 9 nitrogen and oxygen atoms in total. The fourth-order valence-corrected chi connectivity index (χ4v) is 9.31. The minimum atomic E-state index is -5.12. The van der Waals surface area contributed by atoms with E-state index in [-0.39, 0.29) is 87.9 Å². The zero-order valence-electron chi connectivity index (χ0n) is 27.5. The molecule has 1 amide bonds. The van der Waals surface area contributed by atoms with Gasteiger partial charge in [0, 0.05) is 54.9 Å². The van der Waals surface area contributed by atoms with E-state index in [9.17, 15) is 18.8 Å². The Bertz CT molecular complexity index is 2130. The second-order valence-electron chi connectivity index (χ2n) is 13.9. The number of alkyl halides is 4. The molecule has 16 heteroatoms. The molecule has 0 unspecified atom stereocenters. The van der Waals surface area contributed by atoms with Crippen molar-refractivity contribution in [2.45, 2.75) is 75.4 Å². The third-order valence-electron chi connectivity index (χ3n) is 10.8. The van der Waals surface area contributed by atoms with Crippen LogP contribution in [0.15, 0.2) is 18.2 Å². The van der Waals surface area contributed by atoms with E-state index in [2.05, 4.69) is 9.97 Å². The van der Waals surface area contributed by atoms with E-state index >= 15 is 17.6 Å². The first-order valence-electron chi connectivity index (χ1n) is 16.9. The molecule has 5 heterocycles. The molecule has 8 rings (SSSR count). The summed E-state index contributed by atoms with van der Waals surface area (Å²) in [6.45, 7) is 3.23. The Morgan fingerprint density at radius 3 is 2.71 bits per heavy atom. The maximum absolute atomic E-state index is 17.2. The summed E-state index contributed by atoms with van der Waals surface area (Å²) in [7, 11) is 0. The molecule has 1 saturated carbocycles. The van der Waals surface area contributed by atoms with Gasteiger partial charge in [-0.15, -0.1) is 11.3 Å². The van der Waals surface area contributed by atoms with Gasteiger partial charge in [0.05, 0.1) is 27.4 Å². The summed E-state index contributed by atoms with van der Waals surface area (Å²) in [5.41, 5.74) is 1.90. The Morgan fingerprint density at radius 1 is 1.22 bits per heavy atom. The molecule has 2 aromatic heterocycles. The van der Waals surface area contributed by atoms with Gasteiger partial charge in [0.15, 0.2) is 5.82 Å². The van der Waals surface area contributed by atoms with Crippen LogP contribution in [0.2, 0.25) is 0 Å². The van der Waals surface area contributed by atoms with Crippen LogP contribution in [0.5, 0.6) is 6.01 Å². The Morgan fingerprint density at radius 2 is 2.00 bits per heavy atom. The van der Waals surface area contributed by atoms with Gasteiger partial charge in [0.25, 0.3) is 0 Å². The van der Waals surface area contributed by atoms with Crippen molar-refractivity contribution in [3.63, 3.8) is 0 Å². The normalized spacial score (nSPS) is 23.8. The number of hydrogen-bond acceptors (Lipinski definition) is 9. The topological polar surface area (TPSA) is 112 Å². The van der Waals surface area contributed by atoms with Crippen molar-refractivity contribution >= 4 is 49.1 Å². The van der Waals surface area contributed by atoms with Gasteiger partial charge in [-0.25, -0.2) is 13.2 Å². The first-order valence-corrected chi connectivity index (χ1v) is 17.8. The summed E-state index contributed by atoms with van der Waals surface area (Å²) in [5, 5.41) is 9.23. The van der Waals surface area contributed by atoms with E-state index in [1.54, 1.807) is 16.7 Å². The molecular formula is C35H33F6N7O2S. The third kappa shape index (κ3) is 5.51. The SMILES string of the molecule is CCN(c1nc(OC[C@@]23CCCN2C[C@H](F)C3)nc2c(F)c(-c3ccc(F)c4sc(N)c(C#N)c34)c(C(F)(F)F)cc12)[C@@H]1CC(=O)N(C2CC2)C1. The molecule has 1 aliphatic carbocycles. The number of hydrogen-bond donors (Lipinski definition) is 1. The Balaban J connectivity index is 1.34. The summed E-state index contributed by atoms with van der Waals surface area (Å²) in [4.78, 5) is 27.4. The van der Waals surface area contributed by atoms with Gasteiger partial charge < -0.3 is 20.3 Å². The fourth-order valence-electron chi connectivity index (χ4n) is 8.36. The molecule has 0 spiro atoms. The van der Waals surface area contributed by atoms with Crippen molar-refractivity contribution in [1.82, 2.24) is 19.8 Å². The molecular weight excluding hydrogens is 696 g/mol. The van der Waals surface area contributed by atoms with Gasteiger partial charge in [0.2, 0.25) is 5.91 Å². The number of likely N-dealkylation sites (N-methyl/N-ethyl adjacent to an activating group) is 1. The van der Waals surface area contributed by atoms with Gasteiger partial charge >= 0.3 is 12.2 Å². The number of halogens is 6. The van der Waals surface area contributed by atoms with Crippen LogP contribution in [-0.2, 0) is 11.0 Å². The highest BCUT2D eigenvalue weighted by Crippen LogP contribution is 2.49. The molecule has 0 radical (unpaired) electrons. The van der Waals surface area contributed by atoms with Gasteiger partial charge in [0.1, 0.15) is 41.0 Å².